The fourth-order valence-corrected chi connectivity index (χ4v) is 3.30. The summed E-state index contributed by atoms with van der Waals surface area (Å²) in [6.45, 7) is 1.62. The molecule has 1 aliphatic heterocycles. The number of hydrogen-bond donors (Lipinski definition) is 3. The van der Waals surface area contributed by atoms with Crippen LogP contribution in [0.15, 0.2) is 48.9 Å². The monoisotopic (exact) mass is 345 g/mol. The molecule has 1 amide bonds. The highest BCUT2D eigenvalue weighted by molar-refractivity contribution is 5.98. The molecule has 0 bridgehead atoms. The molecule has 3 N–H and O–H groups in total. The minimum atomic E-state index is -0.623. The van der Waals surface area contributed by atoms with E-state index in [-0.39, 0.29) is 18.3 Å². The van der Waals surface area contributed by atoms with Crippen molar-refractivity contribution in [2.45, 2.75) is 18.4 Å². The number of fused-ring (bicyclic) bond motifs is 1. The Morgan fingerprint density at radius 2 is 2.08 bits per heavy atom. The summed E-state index contributed by atoms with van der Waals surface area (Å²) in [5, 5.41) is 11.8. The van der Waals surface area contributed by atoms with E-state index in [0.717, 1.165) is 42.5 Å². The van der Waals surface area contributed by atoms with Gasteiger partial charge in [-0.05, 0) is 56.3 Å². The predicted molar refractivity (Wildman–Crippen MR) is 96.5 cm³/mol. The molecule has 3 aromatic rings. The Kier molecular flexibility index (Phi) is 4.59. The van der Waals surface area contributed by atoms with Crippen LogP contribution in [0.5, 0.6) is 0 Å². The Morgan fingerprint density at radius 3 is 2.83 bits per heavy atom. The van der Waals surface area contributed by atoms with E-state index in [0.29, 0.717) is 0 Å². The van der Waals surface area contributed by atoms with E-state index < -0.39 is 5.54 Å². The average molecular weight is 346 g/mol. The summed E-state index contributed by atoms with van der Waals surface area (Å²) in [5.74, 6) is -0.00224. The lowest BCUT2D eigenvalue weighted by Crippen LogP contribution is -2.52. The molecule has 6 nitrogen and oxygen atoms in total. The number of benzene rings is 1. The highest BCUT2D eigenvalue weighted by atomic mass is 35.5. The molecule has 0 aliphatic carbocycles. The molecule has 0 spiro atoms. The first kappa shape index (κ1) is 16.5. The number of H-pyrrole nitrogens is 1. The number of carbonyl (C=O) groups excluding carboxylic acids is 1. The van der Waals surface area contributed by atoms with Crippen LogP contribution in [0, 0.1) is 0 Å². The van der Waals surface area contributed by atoms with Crippen molar-refractivity contribution in [3.63, 3.8) is 0 Å². The Bertz CT molecular complexity index is 821. The summed E-state index contributed by atoms with van der Waals surface area (Å²) in [6.07, 6.45) is 6.96. The highest BCUT2D eigenvalue weighted by Gasteiger charge is 2.42. The van der Waals surface area contributed by atoms with Gasteiger partial charge in [-0.1, -0.05) is 0 Å². The van der Waals surface area contributed by atoms with Gasteiger partial charge >= 0.3 is 0 Å². The number of aromatic amines is 1. The molecule has 3 heterocycles. The van der Waals surface area contributed by atoms with Crippen LogP contribution in [0.25, 0.3) is 10.9 Å². The molecule has 0 radical (unpaired) electrons. The van der Waals surface area contributed by atoms with E-state index in [1.807, 2.05) is 42.7 Å². The van der Waals surface area contributed by atoms with E-state index in [1.165, 1.54) is 0 Å². The maximum absolute atomic E-state index is 13.1. The maximum Gasteiger partial charge on any atom is 0.252 e. The number of carbonyl (C=O) groups is 1. The molecule has 4 rings (SSSR count). The number of nitrogens with zero attached hydrogens (tertiary/aromatic N) is 2. The van der Waals surface area contributed by atoms with Crippen LogP contribution >= 0.6 is 12.4 Å². The van der Waals surface area contributed by atoms with E-state index in [2.05, 4.69) is 20.7 Å². The van der Waals surface area contributed by atoms with Gasteiger partial charge in [0.05, 0.1) is 0 Å². The molecule has 0 saturated carbocycles. The van der Waals surface area contributed by atoms with E-state index in [9.17, 15) is 4.79 Å². The van der Waals surface area contributed by atoms with Crippen LogP contribution in [0.3, 0.4) is 0 Å². The van der Waals surface area contributed by atoms with Crippen LogP contribution in [0.4, 0.5) is 5.69 Å². The SMILES string of the molecule is Cl.O=C(Nc1ccc2[nH]ccc2c1)C1(n2cccn2)CCNCC1. The van der Waals surface area contributed by atoms with Gasteiger partial charge in [0.1, 0.15) is 5.54 Å². The predicted octanol–water partition coefficient (Wildman–Crippen LogP) is 2.50. The van der Waals surface area contributed by atoms with Crippen LogP contribution in [-0.2, 0) is 10.3 Å². The second-order valence-electron chi connectivity index (χ2n) is 5.97. The van der Waals surface area contributed by atoms with Crippen molar-refractivity contribution in [2.24, 2.45) is 0 Å². The average Bonchev–Trinajstić information content (AvgIpc) is 3.27. The minimum absolute atomic E-state index is 0. The molecule has 1 aromatic carbocycles. The molecule has 1 saturated heterocycles. The number of piperidine rings is 1. The van der Waals surface area contributed by atoms with Gasteiger partial charge in [0.25, 0.3) is 5.91 Å². The van der Waals surface area contributed by atoms with Crippen LogP contribution in [0.2, 0.25) is 0 Å². The highest BCUT2D eigenvalue weighted by Crippen LogP contribution is 2.29. The quantitative estimate of drug-likeness (QED) is 0.682. The number of amides is 1. The van der Waals surface area contributed by atoms with E-state index in [1.54, 1.807) is 10.9 Å². The van der Waals surface area contributed by atoms with Gasteiger partial charge in [-0.2, -0.15) is 5.10 Å². The first-order valence-electron chi connectivity index (χ1n) is 7.87. The second-order valence-corrected chi connectivity index (χ2v) is 5.97. The topological polar surface area (TPSA) is 74.7 Å². The van der Waals surface area contributed by atoms with E-state index >= 15 is 0 Å². The molecule has 2 aromatic heterocycles. The molecule has 126 valence electrons. The van der Waals surface area contributed by atoms with Crippen molar-refractivity contribution >= 4 is 34.9 Å². The van der Waals surface area contributed by atoms with Crippen molar-refractivity contribution in [1.82, 2.24) is 20.1 Å². The molecule has 24 heavy (non-hydrogen) atoms. The Hall–Kier alpha value is -2.31. The smallest absolute Gasteiger partial charge is 0.252 e. The van der Waals surface area contributed by atoms with Gasteiger partial charge in [0.15, 0.2) is 0 Å². The van der Waals surface area contributed by atoms with Gasteiger partial charge < -0.3 is 15.6 Å². The third kappa shape index (κ3) is 2.79. The Morgan fingerprint density at radius 1 is 1.25 bits per heavy atom. The fraction of sp³-hybridized carbons (Fsp3) is 0.294. The standard InChI is InChI=1S/C17H19N5O.ClH/c23-16(21-14-2-3-15-13(12-14)4-8-19-15)17(5-9-18-10-6-17)22-11-1-7-20-22;/h1-4,7-8,11-12,18-19H,5-6,9-10H2,(H,21,23);1H. The molecule has 0 unspecified atom stereocenters. The van der Waals surface area contributed by atoms with E-state index in [4.69, 9.17) is 0 Å². The lowest BCUT2D eigenvalue weighted by Gasteiger charge is -2.36. The first-order chi connectivity index (χ1) is 11.3. The third-order valence-corrected chi connectivity index (χ3v) is 4.61. The summed E-state index contributed by atoms with van der Waals surface area (Å²) in [7, 11) is 0. The zero-order valence-electron chi connectivity index (χ0n) is 13.2. The summed E-state index contributed by atoms with van der Waals surface area (Å²) < 4.78 is 1.80. The lowest BCUT2D eigenvalue weighted by atomic mass is 9.87. The maximum atomic E-state index is 13.1. The molecule has 1 aliphatic rings. The first-order valence-corrected chi connectivity index (χ1v) is 7.87. The summed E-state index contributed by atoms with van der Waals surface area (Å²) in [5.41, 5.74) is 1.25. The summed E-state index contributed by atoms with van der Waals surface area (Å²) in [6, 6.07) is 9.76. The van der Waals surface area contributed by atoms with Gasteiger partial charge in [0, 0.05) is 35.2 Å². The molecular weight excluding hydrogens is 326 g/mol. The Balaban J connectivity index is 0.00000169. The fourth-order valence-electron chi connectivity index (χ4n) is 3.30. The lowest BCUT2D eigenvalue weighted by molar-refractivity contribution is -0.126. The third-order valence-electron chi connectivity index (χ3n) is 4.61. The minimum Gasteiger partial charge on any atom is -0.361 e. The molecule has 0 atom stereocenters. The number of halogens is 1. The van der Waals surface area contributed by atoms with Crippen molar-refractivity contribution < 1.29 is 4.79 Å². The summed E-state index contributed by atoms with van der Waals surface area (Å²) >= 11 is 0. The van der Waals surface area contributed by atoms with Gasteiger partial charge in [0.2, 0.25) is 0 Å². The van der Waals surface area contributed by atoms with Crippen LogP contribution < -0.4 is 10.6 Å². The molecule has 7 heteroatoms. The number of nitrogens with one attached hydrogen (secondary N) is 3. The van der Waals surface area contributed by atoms with Crippen molar-refractivity contribution in [1.29, 1.82) is 0 Å². The number of anilines is 1. The Labute approximate surface area is 146 Å². The second kappa shape index (κ2) is 6.67. The van der Waals surface area contributed by atoms with Gasteiger partial charge in [-0.25, -0.2) is 0 Å². The number of hydrogen-bond acceptors (Lipinski definition) is 3. The van der Waals surface area contributed by atoms with Crippen molar-refractivity contribution in [2.75, 3.05) is 18.4 Å². The molecule has 1 fully saturated rings. The number of rotatable bonds is 3. The van der Waals surface area contributed by atoms with Crippen LogP contribution in [0.1, 0.15) is 12.8 Å². The van der Waals surface area contributed by atoms with Crippen LogP contribution in [-0.4, -0.2) is 33.8 Å². The van der Waals surface area contributed by atoms with Gasteiger partial charge in [-0.15, -0.1) is 12.4 Å². The van der Waals surface area contributed by atoms with Crippen molar-refractivity contribution in [3.8, 4) is 0 Å². The van der Waals surface area contributed by atoms with Crippen molar-refractivity contribution in [3.05, 3.63) is 48.9 Å². The van der Waals surface area contributed by atoms with Gasteiger partial charge in [-0.3, -0.25) is 9.48 Å². The largest absolute Gasteiger partial charge is 0.361 e. The normalized spacial score (nSPS) is 16.5. The zero-order chi connectivity index (χ0) is 15.7. The number of aromatic nitrogens is 3. The summed E-state index contributed by atoms with van der Waals surface area (Å²) in [4.78, 5) is 16.2. The molecular formula is C17H20ClN5O. The zero-order valence-corrected chi connectivity index (χ0v) is 14.0.